The van der Waals surface area contributed by atoms with Crippen LogP contribution in [-0.4, -0.2) is 36.6 Å². The fourth-order valence-electron chi connectivity index (χ4n) is 2.41. The van der Waals surface area contributed by atoms with Crippen molar-refractivity contribution in [3.8, 4) is 0 Å². The van der Waals surface area contributed by atoms with Gasteiger partial charge >= 0.3 is 6.18 Å². The van der Waals surface area contributed by atoms with Crippen LogP contribution in [0.2, 0.25) is 0 Å². The molecule has 0 aliphatic carbocycles. The number of likely N-dealkylation sites (tertiary alicyclic amines) is 1. The van der Waals surface area contributed by atoms with Crippen LogP contribution in [0.4, 0.5) is 13.2 Å². The van der Waals surface area contributed by atoms with Gasteiger partial charge in [0.2, 0.25) is 5.91 Å². The van der Waals surface area contributed by atoms with Gasteiger partial charge in [0.25, 0.3) is 0 Å². The van der Waals surface area contributed by atoms with E-state index < -0.39 is 12.6 Å². The van der Waals surface area contributed by atoms with Gasteiger partial charge in [0.05, 0.1) is 13.1 Å². The van der Waals surface area contributed by atoms with E-state index in [1.807, 2.05) is 17.5 Å². The largest absolute Gasteiger partial charge is 0.389 e. The molecule has 1 N–H and O–H groups in total. The topological polar surface area (TPSA) is 32.3 Å². The van der Waals surface area contributed by atoms with Gasteiger partial charge in [-0.2, -0.15) is 13.2 Å². The Labute approximate surface area is 119 Å². The smallest absolute Gasteiger partial charge is 0.350 e. The molecular weight excluding hydrogens is 289 g/mol. The lowest BCUT2D eigenvalue weighted by Gasteiger charge is -2.16. The maximum atomic E-state index is 12.3. The van der Waals surface area contributed by atoms with Gasteiger partial charge < -0.3 is 5.32 Å². The van der Waals surface area contributed by atoms with Crippen LogP contribution in [0.3, 0.4) is 0 Å². The number of nitrogens with one attached hydrogen (secondary N) is 1. The van der Waals surface area contributed by atoms with Gasteiger partial charge in [0.15, 0.2) is 0 Å². The van der Waals surface area contributed by atoms with Crippen LogP contribution in [0.1, 0.15) is 17.7 Å². The standard InChI is InChI=1S/C13H17F3N2OS/c14-13(15,16)6-10-3-4-18(8-10)9-12(19)17-7-11-2-1-5-20-11/h1-2,5,10H,3-4,6-9H2,(H,17,19). The molecule has 1 amide bonds. The zero-order chi connectivity index (χ0) is 14.6. The Kier molecular flexibility index (Phi) is 5.04. The third-order valence-electron chi connectivity index (χ3n) is 3.30. The summed E-state index contributed by atoms with van der Waals surface area (Å²) in [6.45, 7) is 1.58. The fourth-order valence-corrected chi connectivity index (χ4v) is 3.05. The SMILES string of the molecule is O=C(CN1CCC(CC(F)(F)F)C1)NCc1cccs1. The molecule has 1 saturated heterocycles. The molecule has 7 heteroatoms. The van der Waals surface area contributed by atoms with Gasteiger partial charge in [0.1, 0.15) is 0 Å². The number of thiophene rings is 1. The molecule has 0 radical (unpaired) electrons. The van der Waals surface area contributed by atoms with Crippen LogP contribution in [0.25, 0.3) is 0 Å². The average Bonchev–Trinajstić information content (AvgIpc) is 2.96. The van der Waals surface area contributed by atoms with E-state index in [1.165, 1.54) is 0 Å². The molecule has 1 fully saturated rings. The summed E-state index contributed by atoms with van der Waals surface area (Å²) in [6, 6.07) is 3.84. The average molecular weight is 306 g/mol. The molecule has 112 valence electrons. The van der Waals surface area contributed by atoms with E-state index in [2.05, 4.69) is 5.32 Å². The number of rotatable bonds is 5. The normalized spacial score (nSPS) is 20.2. The lowest BCUT2D eigenvalue weighted by molar-refractivity contribution is -0.143. The summed E-state index contributed by atoms with van der Waals surface area (Å²) in [6.07, 6.45) is -4.35. The van der Waals surface area contributed by atoms with Crippen LogP contribution in [-0.2, 0) is 11.3 Å². The first-order valence-electron chi connectivity index (χ1n) is 6.50. The number of hydrogen-bond acceptors (Lipinski definition) is 3. The predicted octanol–water partition coefficient (Wildman–Crippen LogP) is 2.64. The summed E-state index contributed by atoms with van der Waals surface area (Å²) in [7, 11) is 0. The quantitative estimate of drug-likeness (QED) is 0.907. The summed E-state index contributed by atoms with van der Waals surface area (Å²) in [4.78, 5) is 14.6. The summed E-state index contributed by atoms with van der Waals surface area (Å²) in [5.74, 6) is -0.508. The molecule has 1 aromatic heterocycles. The monoisotopic (exact) mass is 306 g/mol. The summed E-state index contributed by atoms with van der Waals surface area (Å²) >= 11 is 1.56. The molecule has 0 saturated carbocycles. The van der Waals surface area contributed by atoms with E-state index in [-0.39, 0.29) is 18.4 Å². The number of nitrogens with zero attached hydrogens (tertiary/aromatic N) is 1. The number of hydrogen-bond donors (Lipinski definition) is 1. The van der Waals surface area contributed by atoms with Gasteiger partial charge in [0, 0.05) is 17.8 Å². The van der Waals surface area contributed by atoms with Crippen LogP contribution < -0.4 is 5.32 Å². The molecule has 1 aliphatic heterocycles. The lowest BCUT2D eigenvalue weighted by Crippen LogP contribution is -2.35. The zero-order valence-electron chi connectivity index (χ0n) is 10.9. The van der Waals surface area contributed by atoms with Crippen molar-refractivity contribution in [1.29, 1.82) is 0 Å². The second-order valence-corrected chi connectivity index (χ2v) is 6.10. The highest BCUT2D eigenvalue weighted by atomic mass is 32.1. The molecule has 2 rings (SSSR count). The molecule has 1 aliphatic rings. The third kappa shape index (κ3) is 5.13. The second-order valence-electron chi connectivity index (χ2n) is 5.07. The molecule has 1 atom stereocenters. The molecule has 1 aromatic rings. The van der Waals surface area contributed by atoms with Crippen molar-refractivity contribution in [3.63, 3.8) is 0 Å². The highest BCUT2D eigenvalue weighted by molar-refractivity contribution is 7.09. The highest BCUT2D eigenvalue weighted by Gasteiger charge is 2.35. The Balaban J connectivity index is 1.68. The first kappa shape index (κ1) is 15.3. The van der Waals surface area contributed by atoms with E-state index in [0.717, 1.165) is 4.88 Å². The molecular formula is C13H17F3N2OS. The van der Waals surface area contributed by atoms with Gasteiger partial charge in [-0.3, -0.25) is 9.69 Å². The van der Waals surface area contributed by atoms with E-state index >= 15 is 0 Å². The Morgan fingerprint density at radius 1 is 1.50 bits per heavy atom. The lowest BCUT2D eigenvalue weighted by atomic mass is 10.1. The first-order chi connectivity index (χ1) is 9.42. The van der Waals surface area contributed by atoms with Crippen molar-refractivity contribution >= 4 is 17.2 Å². The third-order valence-corrected chi connectivity index (χ3v) is 4.17. The number of alkyl halides is 3. The molecule has 0 spiro atoms. The number of carbonyl (C=O) groups is 1. The van der Waals surface area contributed by atoms with Gasteiger partial charge in [-0.05, 0) is 30.3 Å². The van der Waals surface area contributed by atoms with E-state index in [4.69, 9.17) is 0 Å². The zero-order valence-corrected chi connectivity index (χ0v) is 11.8. The Bertz CT molecular complexity index is 433. The summed E-state index contributed by atoms with van der Waals surface area (Å²) in [5.41, 5.74) is 0. The Morgan fingerprint density at radius 3 is 2.95 bits per heavy atom. The molecule has 0 aromatic carbocycles. The molecule has 20 heavy (non-hydrogen) atoms. The summed E-state index contributed by atoms with van der Waals surface area (Å²) in [5, 5.41) is 4.72. The predicted molar refractivity (Wildman–Crippen MR) is 71.4 cm³/mol. The van der Waals surface area contributed by atoms with Crippen molar-refractivity contribution in [2.24, 2.45) is 5.92 Å². The maximum Gasteiger partial charge on any atom is 0.389 e. The maximum absolute atomic E-state index is 12.3. The molecule has 0 bridgehead atoms. The van der Waals surface area contributed by atoms with Crippen LogP contribution in [0.5, 0.6) is 0 Å². The van der Waals surface area contributed by atoms with Crippen LogP contribution in [0.15, 0.2) is 17.5 Å². The van der Waals surface area contributed by atoms with Crippen molar-refractivity contribution in [1.82, 2.24) is 10.2 Å². The fraction of sp³-hybridized carbons (Fsp3) is 0.615. The van der Waals surface area contributed by atoms with Crippen molar-refractivity contribution < 1.29 is 18.0 Å². The van der Waals surface area contributed by atoms with Crippen molar-refractivity contribution in [2.45, 2.75) is 25.6 Å². The van der Waals surface area contributed by atoms with Crippen LogP contribution in [0, 0.1) is 5.92 Å². The van der Waals surface area contributed by atoms with Gasteiger partial charge in [-0.15, -0.1) is 11.3 Å². The van der Waals surface area contributed by atoms with Crippen LogP contribution >= 0.6 is 11.3 Å². The van der Waals surface area contributed by atoms with E-state index in [1.54, 1.807) is 16.2 Å². The van der Waals surface area contributed by atoms with E-state index in [0.29, 0.717) is 26.1 Å². The minimum atomic E-state index is -4.11. The Hall–Kier alpha value is -1.08. The highest BCUT2D eigenvalue weighted by Crippen LogP contribution is 2.30. The van der Waals surface area contributed by atoms with Crippen molar-refractivity contribution in [3.05, 3.63) is 22.4 Å². The molecule has 1 unspecified atom stereocenters. The van der Waals surface area contributed by atoms with Gasteiger partial charge in [-0.25, -0.2) is 0 Å². The minimum Gasteiger partial charge on any atom is -0.350 e. The number of amides is 1. The van der Waals surface area contributed by atoms with E-state index in [9.17, 15) is 18.0 Å². The van der Waals surface area contributed by atoms with Crippen molar-refractivity contribution in [2.75, 3.05) is 19.6 Å². The first-order valence-corrected chi connectivity index (χ1v) is 7.38. The second kappa shape index (κ2) is 6.58. The minimum absolute atomic E-state index is 0.133. The van der Waals surface area contributed by atoms with Gasteiger partial charge in [-0.1, -0.05) is 6.07 Å². The molecule has 2 heterocycles. The Morgan fingerprint density at radius 2 is 2.30 bits per heavy atom. The number of carbonyl (C=O) groups excluding carboxylic acids is 1. The summed E-state index contributed by atoms with van der Waals surface area (Å²) < 4.78 is 36.8. The number of halogens is 3. The molecule has 3 nitrogen and oxygen atoms in total.